The summed E-state index contributed by atoms with van der Waals surface area (Å²) in [7, 11) is -3.12. The van der Waals surface area contributed by atoms with Crippen LogP contribution in [0.25, 0.3) is 0 Å². The third-order valence-electron chi connectivity index (χ3n) is 2.29. The lowest BCUT2D eigenvalue weighted by Gasteiger charge is -2.06. The van der Waals surface area contributed by atoms with Crippen LogP contribution in [-0.2, 0) is 9.84 Å². The maximum absolute atomic E-state index is 11.3. The van der Waals surface area contributed by atoms with Gasteiger partial charge in [-0.05, 0) is 25.5 Å². The van der Waals surface area contributed by atoms with Gasteiger partial charge in [0.2, 0.25) is 0 Å². The summed E-state index contributed by atoms with van der Waals surface area (Å²) >= 11 is 0. The third-order valence-corrected chi connectivity index (χ3v) is 4.01. The lowest BCUT2D eigenvalue weighted by molar-refractivity contribution is 0.314. The van der Waals surface area contributed by atoms with Crippen molar-refractivity contribution in [1.29, 1.82) is 0 Å². The topological polar surface area (TPSA) is 63.6 Å². The maximum Gasteiger partial charge on any atom is 0.152 e. The molecule has 0 fully saturated rings. The molecule has 17 heavy (non-hydrogen) atoms. The molecule has 0 unspecified atom stereocenters. The van der Waals surface area contributed by atoms with Crippen molar-refractivity contribution < 1.29 is 18.3 Å². The fourth-order valence-corrected chi connectivity index (χ4v) is 2.38. The number of hydrogen-bond acceptors (Lipinski definition) is 4. The van der Waals surface area contributed by atoms with Crippen molar-refractivity contribution in [3.63, 3.8) is 0 Å². The van der Waals surface area contributed by atoms with Gasteiger partial charge >= 0.3 is 0 Å². The highest BCUT2D eigenvalue weighted by Gasteiger charge is 2.09. The molecule has 96 valence electrons. The van der Waals surface area contributed by atoms with Crippen molar-refractivity contribution in [2.45, 2.75) is 13.3 Å². The third kappa shape index (κ3) is 5.70. The highest BCUT2D eigenvalue weighted by atomic mass is 32.2. The Morgan fingerprint density at radius 3 is 2.41 bits per heavy atom. The number of ether oxygens (including phenoxy) is 1. The zero-order valence-corrected chi connectivity index (χ0v) is 10.7. The van der Waals surface area contributed by atoms with Gasteiger partial charge in [-0.2, -0.15) is 0 Å². The summed E-state index contributed by atoms with van der Waals surface area (Å²) in [6.45, 7) is 2.04. The summed E-state index contributed by atoms with van der Waals surface area (Å²) in [5, 5.41) is 8.55. The molecule has 0 aromatic heterocycles. The average Bonchev–Trinajstić information content (AvgIpc) is 2.27. The minimum absolute atomic E-state index is 0.0550. The molecule has 1 aromatic carbocycles. The molecule has 5 heteroatoms. The zero-order valence-electron chi connectivity index (χ0n) is 9.93. The molecule has 1 N–H and O–H groups in total. The Hall–Kier alpha value is -1.07. The standard InChI is InChI=1S/C12H18O4S/c1-11-3-5-12(6-4-11)16-8-2-9-17(14,15)10-7-13/h3-6,13H,2,7-10H2,1H3. The molecule has 0 aliphatic heterocycles. The minimum Gasteiger partial charge on any atom is -0.494 e. The second-order valence-corrected chi connectivity index (χ2v) is 6.19. The smallest absolute Gasteiger partial charge is 0.152 e. The van der Waals surface area contributed by atoms with Crippen LogP contribution >= 0.6 is 0 Å². The van der Waals surface area contributed by atoms with E-state index in [4.69, 9.17) is 9.84 Å². The van der Waals surface area contributed by atoms with Gasteiger partial charge in [0.1, 0.15) is 5.75 Å². The van der Waals surface area contributed by atoms with Gasteiger partial charge < -0.3 is 9.84 Å². The van der Waals surface area contributed by atoms with Crippen LogP contribution in [0, 0.1) is 6.92 Å². The molecular formula is C12H18O4S. The van der Waals surface area contributed by atoms with Crippen molar-refractivity contribution in [3.8, 4) is 5.75 Å². The first-order valence-corrected chi connectivity index (χ1v) is 7.36. The Morgan fingerprint density at radius 1 is 1.18 bits per heavy atom. The zero-order chi connectivity index (χ0) is 12.7. The molecule has 0 spiro atoms. The highest BCUT2D eigenvalue weighted by Crippen LogP contribution is 2.11. The van der Waals surface area contributed by atoms with E-state index in [1.807, 2.05) is 31.2 Å². The number of aryl methyl sites for hydroxylation is 1. The largest absolute Gasteiger partial charge is 0.494 e. The fourth-order valence-electron chi connectivity index (χ4n) is 1.34. The number of sulfone groups is 1. The van der Waals surface area contributed by atoms with Crippen LogP contribution < -0.4 is 4.74 Å². The lowest BCUT2D eigenvalue weighted by atomic mass is 10.2. The van der Waals surface area contributed by atoms with Crippen molar-refractivity contribution in [2.75, 3.05) is 24.7 Å². The molecule has 1 aromatic rings. The number of aliphatic hydroxyl groups excluding tert-OH is 1. The summed E-state index contributed by atoms with van der Waals surface area (Å²) in [5.41, 5.74) is 1.16. The summed E-state index contributed by atoms with van der Waals surface area (Å²) in [5.74, 6) is 0.631. The minimum atomic E-state index is -3.12. The number of rotatable bonds is 7. The second kappa shape index (κ2) is 6.61. The van der Waals surface area contributed by atoms with Crippen LogP contribution in [0.5, 0.6) is 5.75 Å². The van der Waals surface area contributed by atoms with Gasteiger partial charge in [0.05, 0.1) is 24.7 Å². The summed E-state index contributed by atoms with van der Waals surface area (Å²) in [4.78, 5) is 0. The molecular weight excluding hydrogens is 240 g/mol. The lowest BCUT2D eigenvalue weighted by Crippen LogP contribution is -2.15. The monoisotopic (exact) mass is 258 g/mol. The van der Waals surface area contributed by atoms with Crippen LogP contribution in [0.2, 0.25) is 0 Å². The molecule has 0 atom stereocenters. The predicted octanol–water partition coefficient (Wildman–Crippen LogP) is 1.17. The van der Waals surface area contributed by atoms with Crippen LogP contribution in [0.4, 0.5) is 0 Å². The predicted molar refractivity (Wildman–Crippen MR) is 67.0 cm³/mol. The normalized spacial score (nSPS) is 11.4. The Labute approximate surface area is 102 Å². The molecule has 0 radical (unpaired) electrons. The Kier molecular flexibility index (Phi) is 5.44. The number of aliphatic hydroxyl groups is 1. The summed E-state index contributed by atoms with van der Waals surface area (Å²) in [6.07, 6.45) is 0.441. The first kappa shape index (κ1) is 14.0. The molecule has 0 aliphatic rings. The quantitative estimate of drug-likeness (QED) is 0.746. The molecule has 0 saturated carbocycles. The fraction of sp³-hybridized carbons (Fsp3) is 0.500. The van der Waals surface area contributed by atoms with E-state index in [2.05, 4.69) is 0 Å². The molecule has 0 heterocycles. The molecule has 4 nitrogen and oxygen atoms in total. The molecule has 0 amide bonds. The van der Waals surface area contributed by atoms with E-state index in [0.29, 0.717) is 13.0 Å². The van der Waals surface area contributed by atoms with E-state index >= 15 is 0 Å². The van der Waals surface area contributed by atoms with E-state index in [-0.39, 0.29) is 18.1 Å². The summed E-state index contributed by atoms with van der Waals surface area (Å²) < 4.78 is 27.9. The Bertz CT molecular complexity index is 422. The van der Waals surface area contributed by atoms with Crippen molar-refractivity contribution in [1.82, 2.24) is 0 Å². The average molecular weight is 258 g/mol. The van der Waals surface area contributed by atoms with Crippen molar-refractivity contribution in [2.24, 2.45) is 0 Å². The van der Waals surface area contributed by atoms with Crippen molar-refractivity contribution >= 4 is 9.84 Å². The van der Waals surface area contributed by atoms with Crippen LogP contribution in [-0.4, -0.2) is 38.2 Å². The van der Waals surface area contributed by atoms with E-state index in [0.717, 1.165) is 11.3 Å². The van der Waals surface area contributed by atoms with Crippen molar-refractivity contribution in [3.05, 3.63) is 29.8 Å². The van der Waals surface area contributed by atoms with Gasteiger partial charge in [0.15, 0.2) is 9.84 Å². The van der Waals surface area contributed by atoms with Gasteiger partial charge in [-0.3, -0.25) is 0 Å². The SMILES string of the molecule is Cc1ccc(OCCCS(=O)(=O)CCO)cc1. The highest BCUT2D eigenvalue weighted by molar-refractivity contribution is 7.91. The van der Waals surface area contributed by atoms with Crippen LogP contribution in [0.3, 0.4) is 0 Å². The molecule has 0 bridgehead atoms. The maximum atomic E-state index is 11.3. The summed E-state index contributed by atoms with van der Waals surface area (Å²) in [6, 6.07) is 7.60. The van der Waals surface area contributed by atoms with E-state index < -0.39 is 9.84 Å². The first-order chi connectivity index (χ1) is 8.03. The van der Waals surface area contributed by atoms with Gasteiger partial charge in [-0.25, -0.2) is 8.42 Å². The first-order valence-electron chi connectivity index (χ1n) is 5.54. The van der Waals surface area contributed by atoms with E-state index in [9.17, 15) is 8.42 Å². The van der Waals surface area contributed by atoms with Crippen LogP contribution in [0.15, 0.2) is 24.3 Å². The van der Waals surface area contributed by atoms with Gasteiger partial charge in [-0.15, -0.1) is 0 Å². The number of benzene rings is 1. The van der Waals surface area contributed by atoms with E-state index in [1.165, 1.54) is 0 Å². The Morgan fingerprint density at radius 2 is 1.82 bits per heavy atom. The molecule has 1 rings (SSSR count). The van der Waals surface area contributed by atoms with Gasteiger partial charge in [0, 0.05) is 0 Å². The van der Waals surface area contributed by atoms with E-state index in [1.54, 1.807) is 0 Å². The molecule has 0 aliphatic carbocycles. The van der Waals surface area contributed by atoms with Crippen LogP contribution in [0.1, 0.15) is 12.0 Å². The van der Waals surface area contributed by atoms with Gasteiger partial charge in [-0.1, -0.05) is 17.7 Å². The van der Waals surface area contributed by atoms with Gasteiger partial charge in [0.25, 0.3) is 0 Å². The Balaban J connectivity index is 2.27. The molecule has 0 saturated heterocycles. The second-order valence-electron chi connectivity index (χ2n) is 3.89. The number of hydrogen-bond donors (Lipinski definition) is 1.